The molecular weight excluding hydrogens is 315 g/mol. The molecule has 7 heteroatoms. The molecule has 2 heterocycles. The number of hydrogen-bond donors (Lipinski definition) is 2. The number of nitrogen functional groups attached to an aromatic ring is 1. The number of benzene rings is 1. The van der Waals surface area contributed by atoms with Gasteiger partial charge in [-0.15, -0.1) is 0 Å². The van der Waals surface area contributed by atoms with E-state index in [1.165, 1.54) is 6.20 Å². The molecule has 3 N–H and O–H groups in total. The molecule has 0 radical (unpaired) electrons. The van der Waals surface area contributed by atoms with Crippen molar-refractivity contribution in [2.45, 2.75) is 39.2 Å². The van der Waals surface area contributed by atoms with Crippen molar-refractivity contribution >= 4 is 22.6 Å². The molecule has 128 valence electrons. The van der Waals surface area contributed by atoms with Crippen LogP contribution in [0.25, 0.3) is 10.9 Å². The monoisotopic (exact) mass is 334 g/mol. The quantitative estimate of drug-likeness (QED) is 0.782. The molecule has 0 unspecified atom stereocenters. The van der Waals surface area contributed by atoms with Crippen molar-refractivity contribution in [3.63, 3.8) is 0 Å². The predicted octanol–water partition coefficient (Wildman–Crippen LogP) is 2.67. The predicted molar refractivity (Wildman–Crippen MR) is 88.4 cm³/mol. The van der Waals surface area contributed by atoms with Gasteiger partial charge in [0.2, 0.25) is 5.43 Å². The minimum Gasteiger partial charge on any atom is -0.489 e. The van der Waals surface area contributed by atoms with Crippen molar-refractivity contribution < 1.29 is 19.0 Å². The zero-order valence-corrected chi connectivity index (χ0v) is 13.9. The largest absolute Gasteiger partial charge is 0.489 e. The molecular formula is C17H19FN2O4. The van der Waals surface area contributed by atoms with Crippen molar-refractivity contribution in [3.8, 4) is 5.75 Å². The third-order valence-corrected chi connectivity index (χ3v) is 4.33. The lowest BCUT2D eigenvalue weighted by Gasteiger charge is -2.32. The number of carbonyl (C=O) groups is 1. The normalized spacial score (nSPS) is 17.0. The number of nitrogens with zero attached hydrogens (tertiary/aromatic N) is 1. The van der Waals surface area contributed by atoms with Crippen LogP contribution in [0.2, 0.25) is 0 Å². The number of carboxylic acids is 1. The summed E-state index contributed by atoms with van der Waals surface area (Å²) >= 11 is 0. The van der Waals surface area contributed by atoms with Crippen molar-refractivity contribution in [2.24, 2.45) is 0 Å². The molecule has 3 rings (SSSR count). The standard InChI is InChI=1S/C17H19FN2O4/c1-7-6-24-15-10(17(2,3)4)11(18)12(19)9-13(15)20(7)5-8(14(9)21)16(22)23/h5,7H,6,19H2,1-4H3,(H,22,23)/t7-/m0/s1. The molecule has 0 fully saturated rings. The number of nitrogens with two attached hydrogens (primary N) is 1. The lowest BCUT2D eigenvalue weighted by atomic mass is 9.84. The SMILES string of the molecule is C[C@H]1COc2c(C(C)(C)C)c(F)c(N)c3c(=O)c(C(=O)O)cn1c23. The van der Waals surface area contributed by atoms with Gasteiger partial charge in [-0.25, -0.2) is 9.18 Å². The second kappa shape index (κ2) is 4.96. The highest BCUT2D eigenvalue weighted by molar-refractivity contribution is 6.01. The Labute approximate surface area is 137 Å². The summed E-state index contributed by atoms with van der Waals surface area (Å²) < 4.78 is 22.3. The van der Waals surface area contributed by atoms with Crippen LogP contribution in [0, 0.1) is 5.82 Å². The Morgan fingerprint density at radius 1 is 1.46 bits per heavy atom. The number of anilines is 1. The molecule has 1 aromatic carbocycles. The minimum atomic E-state index is -1.37. The molecule has 6 nitrogen and oxygen atoms in total. The van der Waals surface area contributed by atoms with Crippen LogP contribution in [0.3, 0.4) is 0 Å². The number of halogens is 1. The molecule has 1 aliphatic heterocycles. The van der Waals surface area contributed by atoms with Crippen molar-refractivity contribution in [1.82, 2.24) is 4.57 Å². The van der Waals surface area contributed by atoms with Crippen LogP contribution in [0.5, 0.6) is 5.75 Å². The van der Waals surface area contributed by atoms with Gasteiger partial charge in [0.15, 0.2) is 11.6 Å². The van der Waals surface area contributed by atoms with Crippen LogP contribution >= 0.6 is 0 Å². The first-order valence-corrected chi connectivity index (χ1v) is 7.62. The van der Waals surface area contributed by atoms with Gasteiger partial charge in [0, 0.05) is 11.8 Å². The molecule has 1 aromatic heterocycles. The van der Waals surface area contributed by atoms with Gasteiger partial charge in [-0.05, 0) is 12.3 Å². The van der Waals surface area contributed by atoms with E-state index in [2.05, 4.69) is 0 Å². The number of aromatic carboxylic acids is 1. The van der Waals surface area contributed by atoms with Gasteiger partial charge in [0.1, 0.15) is 12.2 Å². The lowest BCUT2D eigenvalue weighted by Crippen LogP contribution is -2.30. The molecule has 24 heavy (non-hydrogen) atoms. The van der Waals surface area contributed by atoms with Gasteiger partial charge in [0.05, 0.1) is 22.6 Å². The summed E-state index contributed by atoms with van der Waals surface area (Å²) in [5.74, 6) is -1.84. The van der Waals surface area contributed by atoms with E-state index in [9.17, 15) is 19.1 Å². The second-order valence-corrected chi connectivity index (χ2v) is 7.15. The first-order chi connectivity index (χ1) is 11.1. The Kier molecular flexibility index (Phi) is 3.37. The van der Waals surface area contributed by atoms with Gasteiger partial charge in [-0.2, -0.15) is 0 Å². The lowest BCUT2D eigenvalue weighted by molar-refractivity contribution is 0.0694. The fourth-order valence-electron chi connectivity index (χ4n) is 3.17. The number of hydrogen-bond acceptors (Lipinski definition) is 4. The molecule has 1 atom stereocenters. The highest BCUT2D eigenvalue weighted by atomic mass is 19.1. The first kappa shape index (κ1) is 16.3. The van der Waals surface area contributed by atoms with E-state index in [-0.39, 0.29) is 35.0 Å². The fourth-order valence-corrected chi connectivity index (χ4v) is 3.17. The molecule has 0 saturated heterocycles. The summed E-state index contributed by atoms with van der Waals surface area (Å²) in [6.07, 6.45) is 1.29. The summed E-state index contributed by atoms with van der Waals surface area (Å²) in [7, 11) is 0. The highest BCUT2D eigenvalue weighted by Crippen LogP contribution is 2.44. The number of carboxylic acid groups (broad SMARTS) is 1. The summed E-state index contributed by atoms with van der Waals surface area (Å²) in [5.41, 5.74) is 4.38. The van der Waals surface area contributed by atoms with E-state index < -0.39 is 28.2 Å². The van der Waals surface area contributed by atoms with Gasteiger partial charge in [-0.1, -0.05) is 20.8 Å². The molecule has 0 amide bonds. The third-order valence-electron chi connectivity index (χ3n) is 4.33. The molecule has 0 aliphatic carbocycles. The van der Waals surface area contributed by atoms with Gasteiger partial charge < -0.3 is 20.1 Å². The first-order valence-electron chi connectivity index (χ1n) is 7.62. The topological polar surface area (TPSA) is 94.6 Å². The van der Waals surface area contributed by atoms with E-state index >= 15 is 0 Å². The zero-order valence-electron chi connectivity index (χ0n) is 13.9. The molecule has 2 aromatic rings. The van der Waals surface area contributed by atoms with Crippen LogP contribution in [0.15, 0.2) is 11.0 Å². The Morgan fingerprint density at radius 2 is 2.08 bits per heavy atom. The molecule has 0 saturated carbocycles. The van der Waals surface area contributed by atoms with Gasteiger partial charge in [0.25, 0.3) is 0 Å². The average Bonchev–Trinajstić information content (AvgIpc) is 2.46. The smallest absolute Gasteiger partial charge is 0.341 e. The summed E-state index contributed by atoms with van der Waals surface area (Å²) in [4.78, 5) is 23.9. The van der Waals surface area contributed by atoms with Crippen molar-refractivity contribution in [3.05, 3.63) is 33.4 Å². The van der Waals surface area contributed by atoms with Crippen LogP contribution in [0.1, 0.15) is 49.7 Å². The summed E-state index contributed by atoms with van der Waals surface area (Å²) in [6.45, 7) is 7.54. The highest BCUT2D eigenvalue weighted by Gasteiger charge is 2.34. The maximum absolute atomic E-state index is 14.9. The molecule has 0 bridgehead atoms. The van der Waals surface area contributed by atoms with Crippen LogP contribution < -0.4 is 15.9 Å². The Balaban J connectivity index is 2.64. The maximum Gasteiger partial charge on any atom is 0.341 e. The van der Waals surface area contributed by atoms with E-state index in [1.54, 1.807) is 4.57 Å². The Bertz CT molecular complexity index is 941. The summed E-state index contributed by atoms with van der Waals surface area (Å²) in [5, 5.41) is 9.15. The minimum absolute atomic E-state index is 0.137. The Morgan fingerprint density at radius 3 is 2.62 bits per heavy atom. The number of rotatable bonds is 1. The van der Waals surface area contributed by atoms with Gasteiger partial charge in [-0.3, -0.25) is 4.79 Å². The van der Waals surface area contributed by atoms with Crippen LogP contribution in [-0.4, -0.2) is 22.2 Å². The average molecular weight is 334 g/mol. The van der Waals surface area contributed by atoms with Crippen molar-refractivity contribution in [1.29, 1.82) is 0 Å². The van der Waals surface area contributed by atoms with Crippen LogP contribution in [0.4, 0.5) is 10.1 Å². The Hall–Kier alpha value is -2.57. The van der Waals surface area contributed by atoms with E-state index in [0.29, 0.717) is 5.52 Å². The number of aromatic nitrogens is 1. The van der Waals surface area contributed by atoms with Crippen molar-refractivity contribution in [2.75, 3.05) is 12.3 Å². The molecule has 1 aliphatic rings. The number of pyridine rings is 1. The number of ether oxygens (including phenoxy) is 1. The maximum atomic E-state index is 14.9. The second-order valence-electron chi connectivity index (χ2n) is 7.15. The van der Waals surface area contributed by atoms with E-state index in [0.717, 1.165) is 0 Å². The fraction of sp³-hybridized carbons (Fsp3) is 0.412. The summed E-state index contributed by atoms with van der Waals surface area (Å²) in [6, 6.07) is -0.212. The third kappa shape index (κ3) is 2.07. The zero-order chi connectivity index (χ0) is 18.0. The van der Waals surface area contributed by atoms with E-state index in [4.69, 9.17) is 10.5 Å². The van der Waals surface area contributed by atoms with E-state index in [1.807, 2.05) is 27.7 Å². The molecule has 0 spiro atoms. The van der Waals surface area contributed by atoms with Gasteiger partial charge >= 0.3 is 5.97 Å². The van der Waals surface area contributed by atoms with Crippen LogP contribution in [-0.2, 0) is 5.41 Å².